The molecule has 3 heterocycles. The fourth-order valence-electron chi connectivity index (χ4n) is 4.30. The normalized spacial score (nSPS) is 14.0. The Bertz CT molecular complexity index is 1340. The summed E-state index contributed by atoms with van der Waals surface area (Å²) in [6.45, 7) is 2.57. The number of carbonyl (C=O) groups excluding carboxylic acids is 1. The quantitative estimate of drug-likeness (QED) is 0.506. The number of fused-ring (bicyclic) bond motifs is 3. The van der Waals surface area contributed by atoms with Crippen LogP contribution in [0.2, 0.25) is 0 Å². The van der Waals surface area contributed by atoms with Crippen LogP contribution in [-0.2, 0) is 24.2 Å². The number of nitrogens with one attached hydrogen (secondary N) is 2. The Morgan fingerprint density at radius 1 is 1.26 bits per heavy atom. The highest BCUT2D eigenvalue weighted by Gasteiger charge is 2.17. The minimum absolute atomic E-state index is 0.0386. The molecule has 158 valence electrons. The van der Waals surface area contributed by atoms with E-state index in [4.69, 9.17) is 4.74 Å². The number of benzene rings is 2. The van der Waals surface area contributed by atoms with E-state index in [1.165, 1.54) is 10.9 Å². The minimum Gasteiger partial charge on any atom is -0.484 e. The summed E-state index contributed by atoms with van der Waals surface area (Å²) in [6, 6.07) is 13.3. The predicted molar refractivity (Wildman–Crippen MR) is 119 cm³/mol. The maximum absolute atomic E-state index is 12.7. The number of hydrogen-bond donors (Lipinski definition) is 2. The molecule has 2 aromatic carbocycles. The van der Waals surface area contributed by atoms with E-state index in [9.17, 15) is 9.59 Å². The molecule has 0 saturated carbocycles. The van der Waals surface area contributed by atoms with Crippen molar-refractivity contribution in [3.05, 3.63) is 70.4 Å². The molecule has 0 unspecified atom stereocenters. The van der Waals surface area contributed by atoms with Gasteiger partial charge in [0.1, 0.15) is 11.6 Å². The van der Waals surface area contributed by atoms with Crippen LogP contribution in [0.1, 0.15) is 24.7 Å². The summed E-state index contributed by atoms with van der Waals surface area (Å²) >= 11 is 0. The van der Waals surface area contributed by atoms with Gasteiger partial charge in [-0.1, -0.05) is 18.2 Å². The largest absolute Gasteiger partial charge is 0.484 e. The summed E-state index contributed by atoms with van der Waals surface area (Å²) in [5.41, 5.74) is 2.88. The van der Waals surface area contributed by atoms with Crippen LogP contribution in [0.5, 0.6) is 5.75 Å². The zero-order valence-corrected chi connectivity index (χ0v) is 17.4. The fourth-order valence-corrected chi connectivity index (χ4v) is 4.30. The van der Waals surface area contributed by atoms with Crippen LogP contribution in [0.4, 0.5) is 0 Å². The molecule has 0 saturated heterocycles. The molecular formula is C24H24N4O3. The maximum atomic E-state index is 12.7. The van der Waals surface area contributed by atoms with Gasteiger partial charge in [0.25, 0.3) is 11.5 Å². The molecule has 7 heteroatoms. The number of carbonyl (C=O) groups is 1. The first-order valence-corrected chi connectivity index (χ1v) is 10.6. The van der Waals surface area contributed by atoms with Crippen LogP contribution in [0.25, 0.3) is 21.8 Å². The molecule has 0 bridgehead atoms. The van der Waals surface area contributed by atoms with E-state index in [0.29, 0.717) is 23.2 Å². The van der Waals surface area contributed by atoms with Crippen molar-refractivity contribution in [3.8, 4) is 5.75 Å². The molecule has 0 spiro atoms. The van der Waals surface area contributed by atoms with E-state index in [1.807, 2.05) is 31.3 Å². The summed E-state index contributed by atoms with van der Waals surface area (Å²) in [6.07, 6.45) is 4.49. The second-order valence-electron chi connectivity index (χ2n) is 8.09. The highest BCUT2D eigenvalue weighted by Crippen LogP contribution is 2.20. The van der Waals surface area contributed by atoms with Gasteiger partial charge in [0.15, 0.2) is 6.61 Å². The lowest BCUT2D eigenvalue weighted by atomic mass is 10.1. The SMILES string of the molecule is C[C@H](Cc1c[nH]c2ccccc12)NC(=O)COc1ccc2nc3n(c(=O)c2c1)CCC3. The first-order valence-electron chi connectivity index (χ1n) is 10.6. The first kappa shape index (κ1) is 19.4. The van der Waals surface area contributed by atoms with E-state index in [1.54, 1.807) is 22.8 Å². The van der Waals surface area contributed by atoms with Crippen LogP contribution in [0.3, 0.4) is 0 Å². The molecule has 2 N–H and O–H groups in total. The highest BCUT2D eigenvalue weighted by molar-refractivity contribution is 5.83. The van der Waals surface area contributed by atoms with Gasteiger partial charge in [0.2, 0.25) is 0 Å². The summed E-state index contributed by atoms with van der Waals surface area (Å²) in [5.74, 6) is 1.13. The van der Waals surface area contributed by atoms with Crippen LogP contribution in [-0.4, -0.2) is 33.1 Å². The van der Waals surface area contributed by atoms with Gasteiger partial charge >= 0.3 is 0 Å². The topological polar surface area (TPSA) is 89.0 Å². The van der Waals surface area contributed by atoms with Crippen LogP contribution in [0.15, 0.2) is 53.5 Å². The third-order valence-electron chi connectivity index (χ3n) is 5.77. The molecule has 0 fully saturated rings. The predicted octanol–water partition coefficient (Wildman–Crippen LogP) is 2.95. The zero-order chi connectivity index (χ0) is 21.4. The lowest BCUT2D eigenvalue weighted by molar-refractivity contribution is -0.123. The first-order chi connectivity index (χ1) is 15.1. The number of aromatic nitrogens is 3. The van der Waals surface area contributed by atoms with Crippen molar-refractivity contribution < 1.29 is 9.53 Å². The van der Waals surface area contributed by atoms with Gasteiger partial charge in [0, 0.05) is 36.1 Å². The lowest BCUT2D eigenvalue weighted by Gasteiger charge is -2.14. The van der Waals surface area contributed by atoms with Gasteiger partial charge in [-0.3, -0.25) is 14.2 Å². The molecule has 5 rings (SSSR count). The van der Waals surface area contributed by atoms with Crippen molar-refractivity contribution >= 4 is 27.7 Å². The number of ether oxygens (including phenoxy) is 1. The van der Waals surface area contributed by atoms with E-state index >= 15 is 0 Å². The molecule has 2 aromatic heterocycles. The summed E-state index contributed by atoms with van der Waals surface area (Å²) < 4.78 is 7.39. The second kappa shape index (κ2) is 7.91. The molecule has 1 atom stereocenters. The highest BCUT2D eigenvalue weighted by atomic mass is 16.5. The van der Waals surface area contributed by atoms with Crippen LogP contribution < -0.4 is 15.6 Å². The monoisotopic (exact) mass is 416 g/mol. The van der Waals surface area contributed by atoms with Gasteiger partial charge in [-0.05, 0) is 49.6 Å². The Hall–Kier alpha value is -3.61. The fraction of sp³-hybridized carbons (Fsp3) is 0.292. The van der Waals surface area contributed by atoms with E-state index in [-0.39, 0.29) is 24.1 Å². The van der Waals surface area contributed by atoms with Gasteiger partial charge in [0.05, 0.1) is 10.9 Å². The standard InChI is InChI=1S/C24H24N4O3/c1-15(11-16-13-25-20-6-3-2-5-18(16)20)26-23(29)14-31-17-8-9-21-19(12-17)24(30)28-10-4-7-22(28)27-21/h2-3,5-6,8-9,12-13,15,25H,4,7,10-11,14H2,1H3,(H,26,29)/t15-/m1/s1. The molecule has 0 aliphatic carbocycles. The molecule has 1 aliphatic heterocycles. The Kier molecular flexibility index (Phi) is 4.94. The Morgan fingerprint density at radius 2 is 2.13 bits per heavy atom. The average molecular weight is 416 g/mol. The minimum atomic E-state index is -0.198. The van der Waals surface area contributed by atoms with Crippen molar-refractivity contribution in [2.24, 2.45) is 0 Å². The maximum Gasteiger partial charge on any atom is 0.261 e. The second-order valence-corrected chi connectivity index (χ2v) is 8.09. The number of aryl methyl sites for hydroxylation is 1. The summed E-state index contributed by atoms with van der Waals surface area (Å²) in [5, 5.41) is 4.67. The van der Waals surface area contributed by atoms with Gasteiger partial charge in [-0.2, -0.15) is 0 Å². The molecule has 7 nitrogen and oxygen atoms in total. The smallest absolute Gasteiger partial charge is 0.261 e. The third-order valence-corrected chi connectivity index (χ3v) is 5.77. The third kappa shape index (κ3) is 3.79. The van der Waals surface area contributed by atoms with E-state index in [0.717, 1.165) is 30.6 Å². The van der Waals surface area contributed by atoms with Gasteiger partial charge in [-0.25, -0.2) is 4.98 Å². The molecule has 1 amide bonds. The average Bonchev–Trinajstić information content (AvgIpc) is 3.40. The van der Waals surface area contributed by atoms with Crippen molar-refractivity contribution in [2.45, 2.75) is 38.8 Å². The van der Waals surface area contributed by atoms with Crippen molar-refractivity contribution in [1.29, 1.82) is 0 Å². The lowest BCUT2D eigenvalue weighted by Crippen LogP contribution is -2.37. The molecular weight excluding hydrogens is 392 g/mol. The number of amides is 1. The Balaban J connectivity index is 1.22. The molecule has 1 aliphatic rings. The molecule has 31 heavy (non-hydrogen) atoms. The molecule has 4 aromatic rings. The van der Waals surface area contributed by atoms with Crippen molar-refractivity contribution in [1.82, 2.24) is 19.9 Å². The van der Waals surface area contributed by atoms with E-state index in [2.05, 4.69) is 21.4 Å². The zero-order valence-electron chi connectivity index (χ0n) is 17.4. The number of nitrogens with zero attached hydrogens (tertiary/aromatic N) is 2. The summed E-state index contributed by atoms with van der Waals surface area (Å²) in [4.78, 5) is 32.9. The van der Waals surface area contributed by atoms with E-state index < -0.39 is 0 Å². The Labute approximate surface area is 179 Å². The summed E-state index contributed by atoms with van der Waals surface area (Å²) in [7, 11) is 0. The number of para-hydroxylation sites is 1. The number of rotatable bonds is 6. The van der Waals surface area contributed by atoms with Gasteiger partial charge < -0.3 is 15.0 Å². The van der Waals surface area contributed by atoms with Crippen LogP contribution >= 0.6 is 0 Å². The number of hydrogen-bond acceptors (Lipinski definition) is 4. The van der Waals surface area contributed by atoms with Gasteiger partial charge in [-0.15, -0.1) is 0 Å². The molecule has 0 radical (unpaired) electrons. The van der Waals surface area contributed by atoms with Crippen molar-refractivity contribution in [2.75, 3.05) is 6.61 Å². The van der Waals surface area contributed by atoms with Crippen LogP contribution in [0, 0.1) is 0 Å². The number of H-pyrrole nitrogens is 1. The van der Waals surface area contributed by atoms with Crippen molar-refractivity contribution in [3.63, 3.8) is 0 Å². The number of aromatic amines is 1. The Morgan fingerprint density at radius 3 is 3.03 bits per heavy atom.